The highest BCUT2D eigenvalue weighted by atomic mass is 16.6. The van der Waals surface area contributed by atoms with Gasteiger partial charge in [0.25, 0.3) is 5.91 Å². The number of carbonyl (C=O) groups excluding carboxylic acids is 6. The van der Waals surface area contributed by atoms with Crippen LogP contribution in [0, 0.1) is 5.92 Å². The van der Waals surface area contributed by atoms with Crippen LogP contribution >= 0.6 is 0 Å². The van der Waals surface area contributed by atoms with Crippen molar-refractivity contribution in [3.05, 3.63) is 83.9 Å². The Morgan fingerprint density at radius 3 is 2.07 bits per heavy atom. The van der Waals surface area contributed by atoms with Gasteiger partial charge in [0.05, 0.1) is 32.0 Å². The van der Waals surface area contributed by atoms with Crippen LogP contribution in [0.25, 0.3) is 0 Å². The number of esters is 2. The first-order valence-corrected chi connectivity index (χ1v) is 18.8. The van der Waals surface area contributed by atoms with E-state index in [0.29, 0.717) is 30.5 Å². The summed E-state index contributed by atoms with van der Waals surface area (Å²) in [4.78, 5) is 75.2. The normalized spacial score (nSPS) is 12.1. The van der Waals surface area contributed by atoms with Crippen LogP contribution in [0.4, 0.5) is 4.79 Å². The largest absolute Gasteiger partial charge is 0.460 e. The molecule has 0 saturated carbocycles. The number of benzene rings is 2. The van der Waals surface area contributed by atoms with E-state index in [-0.39, 0.29) is 76.8 Å². The minimum absolute atomic E-state index is 0.000469. The highest BCUT2D eigenvalue weighted by molar-refractivity contribution is 5.96. The summed E-state index contributed by atoms with van der Waals surface area (Å²) in [6.45, 7) is 14.0. The molecule has 0 aliphatic rings. The minimum Gasteiger partial charge on any atom is -0.460 e. The van der Waals surface area contributed by atoms with Crippen LogP contribution in [0.3, 0.4) is 0 Å². The van der Waals surface area contributed by atoms with E-state index < -0.39 is 41.6 Å². The van der Waals surface area contributed by atoms with E-state index in [0.717, 1.165) is 5.56 Å². The molecule has 2 aromatic carbocycles. The smallest absolute Gasteiger partial charge is 0.408 e. The molecule has 308 valence electrons. The zero-order valence-electron chi connectivity index (χ0n) is 33.2. The molecule has 0 spiro atoms. The van der Waals surface area contributed by atoms with Crippen molar-refractivity contribution in [3.8, 4) is 0 Å². The van der Waals surface area contributed by atoms with Gasteiger partial charge in [0.1, 0.15) is 30.9 Å². The van der Waals surface area contributed by atoms with E-state index >= 15 is 0 Å². The Hall–Kier alpha value is -5.28. The summed E-state index contributed by atoms with van der Waals surface area (Å²) >= 11 is 0. The average Bonchev–Trinajstić information content (AvgIpc) is 3.16. The maximum atomic E-state index is 13.3. The second-order valence-corrected chi connectivity index (χ2v) is 14.1. The van der Waals surface area contributed by atoms with Crippen LogP contribution in [-0.2, 0) is 44.7 Å². The van der Waals surface area contributed by atoms with Gasteiger partial charge in [0.2, 0.25) is 11.8 Å². The number of alkyl carbamates (subject to hydrolysis) is 1. The lowest BCUT2D eigenvalue weighted by Gasteiger charge is -2.24. The summed E-state index contributed by atoms with van der Waals surface area (Å²) in [7, 11) is 0. The standard InChI is InChI=1S/C41H58N4O11/c1-7-23-54-39(50)35(29(2)3)45-37(48)33(44-40(51)55-28-30-13-9-8-10-14-30)15-11-12-21-42-34(46)20-24-52-26-27-53-25-22-43-36(47)31-16-18-32(19-17-31)38(49)56-41(4,5)6/h7-10,13-14,16-19,29,33,35H,1,11-12,15,20-28H2,2-6H3,(H,42,46)(H,43,47)(H,44,51)(H,45,48)/t33-,35-/m0/s1. The summed E-state index contributed by atoms with van der Waals surface area (Å²) < 4.78 is 26.7. The Kier molecular flexibility index (Phi) is 21.5. The van der Waals surface area contributed by atoms with Crippen molar-refractivity contribution in [2.45, 2.75) is 84.6 Å². The lowest BCUT2D eigenvalue weighted by molar-refractivity contribution is -0.148. The molecule has 15 heteroatoms. The quantitative estimate of drug-likeness (QED) is 0.0487. The highest BCUT2D eigenvalue weighted by Crippen LogP contribution is 2.13. The number of hydrogen-bond acceptors (Lipinski definition) is 11. The van der Waals surface area contributed by atoms with Gasteiger partial charge >= 0.3 is 18.0 Å². The first-order valence-electron chi connectivity index (χ1n) is 18.8. The molecular formula is C41H58N4O11. The van der Waals surface area contributed by atoms with Crippen molar-refractivity contribution in [1.29, 1.82) is 0 Å². The molecule has 2 aromatic rings. The van der Waals surface area contributed by atoms with Gasteiger partial charge in [-0.25, -0.2) is 14.4 Å². The molecule has 2 atom stereocenters. The highest BCUT2D eigenvalue weighted by Gasteiger charge is 2.30. The Morgan fingerprint density at radius 2 is 1.43 bits per heavy atom. The number of amides is 4. The minimum atomic E-state index is -1.00. The van der Waals surface area contributed by atoms with E-state index in [9.17, 15) is 28.8 Å². The van der Waals surface area contributed by atoms with Crippen LogP contribution in [0.15, 0.2) is 67.3 Å². The van der Waals surface area contributed by atoms with Gasteiger partial charge < -0.3 is 45.0 Å². The fourth-order valence-corrected chi connectivity index (χ4v) is 4.87. The van der Waals surface area contributed by atoms with Crippen molar-refractivity contribution in [1.82, 2.24) is 21.3 Å². The summed E-state index contributed by atoms with van der Waals surface area (Å²) in [5.41, 5.74) is 0.931. The van der Waals surface area contributed by atoms with E-state index in [1.165, 1.54) is 6.08 Å². The Balaban J connectivity index is 1.65. The van der Waals surface area contributed by atoms with Crippen molar-refractivity contribution in [3.63, 3.8) is 0 Å². The molecule has 0 heterocycles. The molecule has 0 aliphatic heterocycles. The molecular weight excluding hydrogens is 724 g/mol. The van der Waals surface area contributed by atoms with Crippen molar-refractivity contribution in [2.24, 2.45) is 5.92 Å². The van der Waals surface area contributed by atoms with Gasteiger partial charge in [-0.05, 0) is 75.8 Å². The topological polar surface area (TPSA) is 197 Å². The third kappa shape index (κ3) is 19.9. The molecule has 0 fully saturated rings. The maximum Gasteiger partial charge on any atom is 0.408 e. The van der Waals surface area contributed by atoms with Gasteiger partial charge in [-0.15, -0.1) is 0 Å². The molecule has 0 radical (unpaired) electrons. The van der Waals surface area contributed by atoms with E-state index in [1.807, 2.05) is 18.2 Å². The number of rotatable bonds is 25. The predicted octanol–water partition coefficient (Wildman–Crippen LogP) is 4.25. The van der Waals surface area contributed by atoms with Gasteiger partial charge in [-0.1, -0.05) is 56.8 Å². The van der Waals surface area contributed by atoms with Crippen molar-refractivity contribution < 1.29 is 52.5 Å². The van der Waals surface area contributed by atoms with Crippen LogP contribution in [-0.4, -0.2) is 99.6 Å². The van der Waals surface area contributed by atoms with E-state index in [4.69, 9.17) is 23.7 Å². The molecule has 0 aliphatic carbocycles. The Morgan fingerprint density at radius 1 is 0.768 bits per heavy atom. The SMILES string of the molecule is C=CCOC(=O)[C@@H](NC(=O)[C@H](CCCCNC(=O)CCOCCOCCNC(=O)c1ccc(C(=O)OC(C)(C)C)cc1)NC(=O)OCc1ccccc1)C(C)C. The van der Waals surface area contributed by atoms with Crippen molar-refractivity contribution in [2.75, 3.05) is 46.1 Å². The fourth-order valence-electron chi connectivity index (χ4n) is 4.87. The molecule has 0 saturated heterocycles. The first-order chi connectivity index (χ1) is 26.7. The number of unbranched alkanes of at least 4 members (excludes halogenated alkanes) is 1. The number of nitrogens with one attached hydrogen (secondary N) is 4. The molecule has 4 amide bonds. The molecule has 15 nitrogen and oxygen atoms in total. The molecule has 56 heavy (non-hydrogen) atoms. The number of hydrogen-bond donors (Lipinski definition) is 4. The Bertz CT molecular complexity index is 1540. The van der Waals surface area contributed by atoms with E-state index in [2.05, 4.69) is 27.8 Å². The average molecular weight is 783 g/mol. The predicted molar refractivity (Wildman–Crippen MR) is 209 cm³/mol. The van der Waals surface area contributed by atoms with Crippen LogP contribution in [0.1, 0.15) is 86.6 Å². The first kappa shape index (κ1) is 46.9. The molecule has 2 rings (SSSR count). The van der Waals surface area contributed by atoms with Crippen LogP contribution < -0.4 is 21.3 Å². The number of carbonyl (C=O) groups is 6. The molecule has 4 N–H and O–H groups in total. The molecule has 0 unspecified atom stereocenters. The Labute approximate surface area is 329 Å². The third-order valence-corrected chi connectivity index (χ3v) is 7.78. The molecule has 0 bridgehead atoms. The zero-order chi connectivity index (χ0) is 41.3. The summed E-state index contributed by atoms with van der Waals surface area (Å²) in [6, 6.07) is 13.4. The van der Waals surface area contributed by atoms with E-state index in [1.54, 1.807) is 71.0 Å². The molecule has 0 aromatic heterocycles. The van der Waals surface area contributed by atoms with Gasteiger partial charge in [0, 0.05) is 25.1 Å². The zero-order valence-corrected chi connectivity index (χ0v) is 33.2. The number of ether oxygens (including phenoxy) is 5. The summed E-state index contributed by atoms with van der Waals surface area (Å²) in [5, 5.41) is 10.9. The van der Waals surface area contributed by atoms with Crippen LogP contribution in [0.2, 0.25) is 0 Å². The summed E-state index contributed by atoms with van der Waals surface area (Å²) in [5.74, 6) is -2.41. The van der Waals surface area contributed by atoms with Gasteiger partial charge in [0.15, 0.2) is 0 Å². The lowest BCUT2D eigenvalue weighted by atomic mass is 10.0. The van der Waals surface area contributed by atoms with Crippen molar-refractivity contribution >= 4 is 35.8 Å². The second-order valence-electron chi connectivity index (χ2n) is 14.1. The lowest BCUT2D eigenvalue weighted by Crippen LogP contribution is -2.53. The van der Waals surface area contributed by atoms with Gasteiger partial charge in [-0.3, -0.25) is 14.4 Å². The third-order valence-electron chi connectivity index (χ3n) is 7.78. The van der Waals surface area contributed by atoms with Gasteiger partial charge in [-0.2, -0.15) is 0 Å². The monoisotopic (exact) mass is 782 g/mol. The second kappa shape index (κ2) is 25.7. The summed E-state index contributed by atoms with van der Waals surface area (Å²) in [6.07, 6.45) is 2.01. The fraction of sp³-hybridized carbons (Fsp3) is 0.512. The van der Waals surface area contributed by atoms with Crippen LogP contribution in [0.5, 0.6) is 0 Å². The maximum absolute atomic E-state index is 13.3.